The van der Waals surface area contributed by atoms with E-state index in [1.165, 1.54) is 4.90 Å². The van der Waals surface area contributed by atoms with E-state index in [4.69, 9.17) is 4.74 Å². The van der Waals surface area contributed by atoms with Crippen molar-refractivity contribution in [2.45, 2.75) is 30.8 Å². The van der Waals surface area contributed by atoms with Crippen LogP contribution in [0.15, 0.2) is 78.9 Å². The van der Waals surface area contributed by atoms with Gasteiger partial charge in [-0.25, -0.2) is 9.59 Å². The van der Waals surface area contributed by atoms with Gasteiger partial charge in [-0.05, 0) is 40.7 Å². The molecule has 7 nitrogen and oxygen atoms in total. The molecular formula is C28H26N2O5. The van der Waals surface area contributed by atoms with Crippen LogP contribution in [0.2, 0.25) is 0 Å². The molecule has 0 bridgehead atoms. The van der Waals surface area contributed by atoms with Crippen LogP contribution >= 0.6 is 0 Å². The largest absolute Gasteiger partial charge is 0.480 e. The van der Waals surface area contributed by atoms with Crippen LogP contribution in [0.4, 0.5) is 4.79 Å². The van der Waals surface area contributed by atoms with Gasteiger partial charge in [0.15, 0.2) is 0 Å². The predicted octanol–water partition coefficient (Wildman–Crippen LogP) is 4.34. The number of carboxylic acids is 1. The monoisotopic (exact) mass is 470 g/mol. The zero-order valence-electron chi connectivity index (χ0n) is 19.1. The van der Waals surface area contributed by atoms with Crippen molar-refractivity contribution in [3.8, 4) is 11.1 Å². The fourth-order valence-corrected chi connectivity index (χ4v) is 5.14. The Morgan fingerprint density at radius 1 is 0.914 bits per heavy atom. The molecule has 0 aromatic heterocycles. The first-order valence-electron chi connectivity index (χ1n) is 11.7. The molecule has 1 saturated heterocycles. The van der Waals surface area contributed by atoms with Gasteiger partial charge in [-0.3, -0.25) is 4.79 Å². The number of nitrogens with one attached hydrogen (secondary N) is 1. The molecule has 1 fully saturated rings. The second kappa shape index (κ2) is 9.62. The zero-order valence-corrected chi connectivity index (χ0v) is 19.1. The molecule has 3 aromatic carbocycles. The van der Waals surface area contributed by atoms with Crippen LogP contribution in [-0.4, -0.2) is 47.2 Å². The summed E-state index contributed by atoms with van der Waals surface area (Å²) < 4.78 is 5.64. The first-order valence-corrected chi connectivity index (χ1v) is 11.7. The van der Waals surface area contributed by atoms with Crippen molar-refractivity contribution in [3.05, 3.63) is 95.6 Å². The van der Waals surface area contributed by atoms with Crippen LogP contribution in [0.5, 0.6) is 0 Å². The molecule has 1 aliphatic carbocycles. The molecule has 5 rings (SSSR count). The van der Waals surface area contributed by atoms with E-state index in [2.05, 4.69) is 17.4 Å². The van der Waals surface area contributed by atoms with Crippen LogP contribution in [0.3, 0.4) is 0 Å². The van der Waals surface area contributed by atoms with Gasteiger partial charge in [-0.2, -0.15) is 0 Å². The van der Waals surface area contributed by atoms with Gasteiger partial charge in [-0.1, -0.05) is 78.9 Å². The van der Waals surface area contributed by atoms with E-state index in [0.29, 0.717) is 24.9 Å². The number of benzene rings is 3. The molecule has 1 unspecified atom stereocenters. The summed E-state index contributed by atoms with van der Waals surface area (Å²) in [4.78, 5) is 39.3. The van der Waals surface area contributed by atoms with E-state index < -0.39 is 30.1 Å². The molecule has 2 aliphatic rings. The van der Waals surface area contributed by atoms with Gasteiger partial charge in [0.2, 0.25) is 0 Å². The maximum Gasteiger partial charge on any atom is 0.408 e. The highest BCUT2D eigenvalue weighted by molar-refractivity contribution is 5.90. The maximum absolute atomic E-state index is 13.4. The highest BCUT2D eigenvalue weighted by atomic mass is 16.5. The standard InChI is InChI=1S/C28H26N2O5/c31-26(30-16-8-15-24(30)27(32)33)25(18-9-2-1-3-10-18)29-28(34)35-17-23-21-13-6-4-11-19(21)20-12-5-7-14-22(20)23/h1-7,9-14,23-25H,8,15-17H2,(H,29,34)(H,32,33)/t24?,25-/m1/s1. The van der Waals surface area contributed by atoms with Crippen molar-refractivity contribution in [1.82, 2.24) is 10.2 Å². The van der Waals surface area contributed by atoms with E-state index in [1.54, 1.807) is 24.3 Å². The van der Waals surface area contributed by atoms with E-state index >= 15 is 0 Å². The van der Waals surface area contributed by atoms with Crippen molar-refractivity contribution in [1.29, 1.82) is 0 Å². The number of nitrogens with zero attached hydrogens (tertiary/aromatic N) is 1. The highest BCUT2D eigenvalue weighted by Crippen LogP contribution is 2.44. The van der Waals surface area contributed by atoms with Gasteiger partial charge in [0, 0.05) is 12.5 Å². The average molecular weight is 471 g/mol. The number of aliphatic carboxylic acids is 1. The first-order chi connectivity index (χ1) is 17.0. The third kappa shape index (κ3) is 4.37. The fourth-order valence-electron chi connectivity index (χ4n) is 5.14. The second-order valence-corrected chi connectivity index (χ2v) is 8.84. The summed E-state index contributed by atoms with van der Waals surface area (Å²) >= 11 is 0. The number of fused-ring (bicyclic) bond motifs is 3. The summed E-state index contributed by atoms with van der Waals surface area (Å²) in [6.07, 6.45) is 0.281. The van der Waals surface area contributed by atoms with Crippen molar-refractivity contribution in [2.75, 3.05) is 13.2 Å². The van der Waals surface area contributed by atoms with Gasteiger partial charge in [-0.15, -0.1) is 0 Å². The lowest BCUT2D eigenvalue weighted by Crippen LogP contribution is -2.47. The Balaban J connectivity index is 1.33. The minimum absolute atomic E-state index is 0.103. The molecule has 2 atom stereocenters. The Bertz CT molecular complexity index is 1210. The number of ether oxygens (including phenoxy) is 1. The number of carbonyl (C=O) groups is 3. The topological polar surface area (TPSA) is 95.9 Å². The van der Waals surface area contributed by atoms with Crippen molar-refractivity contribution < 1.29 is 24.2 Å². The van der Waals surface area contributed by atoms with Crippen molar-refractivity contribution in [2.24, 2.45) is 0 Å². The SMILES string of the molecule is O=C(N[C@@H](C(=O)N1CCCC1C(=O)O)c1ccccc1)OCC1c2ccccc2-c2ccccc21. The number of hydrogen-bond acceptors (Lipinski definition) is 4. The number of carbonyl (C=O) groups excluding carboxylic acids is 2. The number of amides is 2. The van der Waals surface area contributed by atoms with E-state index in [0.717, 1.165) is 22.3 Å². The Labute approximate surface area is 203 Å². The summed E-state index contributed by atoms with van der Waals surface area (Å²) in [5.41, 5.74) is 5.02. The molecule has 2 N–H and O–H groups in total. The Kier molecular flexibility index (Phi) is 6.23. The molecule has 35 heavy (non-hydrogen) atoms. The third-order valence-electron chi connectivity index (χ3n) is 6.81. The quantitative estimate of drug-likeness (QED) is 0.559. The van der Waals surface area contributed by atoms with Crippen LogP contribution in [0, 0.1) is 0 Å². The molecule has 0 spiro atoms. The number of carboxylic acid groups (broad SMARTS) is 1. The molecular weight excluding hydrogens is 444 g/mol. The lowest BCUT2D eigenvalue weighted by molar-refractivity contribution is -0.149. The first kappa shape index (κ1) is 22.7. The Morgan fingerprint density at radius 3 is 2.14 bits per heavy atom. The Hall–Kier alpha value is -4.13. The van der Waals surface area contributed by atoms with Gasteiger partial charge >= 0.3 is 12.1 Å². The summed E-state index contributed by atoms with van der Waals surface area (Å²) in [7, 11) is 0. The van der Waals surface area contributed by atoms with Gasteiger partial charge in [0.25, 0.3) is 5.91 Å². The van der Waals surface area contributed by atoms with Gasteiger partial charge < -0.3 is 20.1 Å². The number of alkyl carbamates (subject to hydrolysis) is 1. The minimum atomic E-state index is -1.04. The molecule has 7 heteroatoms. The van der Waals surface area contributed by atoms with E-state index in [-0.39, 0.29) is 12.5 Å². The molecule has 178 valence electrons. The smallest absolute Gasteiger partial charge is 0.408 e. The van der Waals surface area contributed by atoms with Crippen LogP contribution in [-0.2, 0) is 14.3 Å². The minimum Gasteiger partial charge on any atom is -0.480 e. The summed E-state index contributed by atoms with van der Waals surface area (Å²) in [5, 5.41) is 12.2. The number of rotatable bonds is 6. The molecule has 0 radical (unpaired) electrons. The number of hydrogen-bond donors (Lipinski definition) is 2. The third-order valence-corrected chi connectivity index (χ3v) is 6.81. The lowest BCUT2D eigenvalue weighted by atomic mass is 9.98. The van der Waals surface area contributed by atoms with Crippen molar-refractivity contribution >= 4 is 18.0 Å². The van der Waals surface area contributed by atoms with Gasteiger partial charge in [0.05, 0.1) is 0 Å². The summed E-state index contributed by atoms with van der Waals surface area (Å²) in [5.74, 6) is -1.59. The maximum atomic E-state index is 13.4. The molecule has 0 saturated carbocycles. The van der Waals surface area contributed by atoms with Crippen LogP contribution in [0.1, 0.15) is 41.5 Å². The number of likely N-dealkylation sites (tertiary alicyclic amines) is 1. The molecule has 2 amide bonds. The highest BCUT2D eigenvalue weighted by Gasteiger charge is 2.38. The summed E-state index contributed by atoms with van der Waals surface area (Å²) in [6.45, 7) is 0.461. The lowest BCUT2D eigenvalue weighted by Gasteiger charge is -2.27. The van der Waals surface area contributed by atoms with E-state index in [1.807, 2.05) is 42.5 Å². The molecule has 1 aliphatic heterocycles. The van der Waals surface area contributed by atoms with E-state index in [9.17, 15) is 19.5 Å². The summed E-state index contributed by atoms with van der Waals surface area (Å²) in [6, 6.07) is 23.0. The van der Waals surface area contributed by atoms with Gasteiger partial charge in [0.1, 0.15) is 18.7 Å². The normalized spacial score (nSPS) is 17.4. The predicted molar refractivity (Wildman–Crippen MR) is 130 cm³/mol. The van der Waals surface area contributed by atoms with Crippen LogP contribution in [0.25, 0.3) is 11.1 Å². The van der Waals surface area contributed by atoms with Crippen LogP contribution < -0.4 is 5.32 Å². The zero-order chi connectivity index (χ0) is 24.4. The Morgan fingerprint density at radius 2 is 1.51 bits per heavy atom. The average Bonchev–Trinajstić information content (AvgIpc) is 3.50. The molecule has 1 heterocycles. The fraction of sp³-hybridized carbons (Fsp3) is 0.250. The second-order valence-electron chi connectivity index (χ2n) is 8.84. The molecule has 3 aromatic rings. The van der Waals surface area contributed by atoms with Crippen molar-refractivity contribution in [3.63, 3.8) is 0 Å².